The van der Waals surface area contributed by atoms with Gasteiger partial charge in [0, 0.05) is 0 Å². The lowest BCUT2D eigenvalue weighted by molar-refractivity contribution is -0.135. The summed E-state index contributed by atoms with van der Waals surface area (Å²) in [5, 5.41) is 10.1. The fraction of sp³-hybridized carbons (Fsp3) is 0.533. The predicted octanol–water partition coefficient (Wildman–Crippen LogP) is 1.96. The van der Waals surface area contributed by atoms with Crippen molar-refractivity contribution in [2.24, 2.45) is 5.73 Å². The quantitative estimate of drug-likeness (QED) is 0.763. The number of hydrogen-bond donors (Lipinski definition) is 2. The van der Waals surface area contributed by atoms with Gasteiger partial charge in [-0.05, 0) is 37.5 Å². The topological polar surface area (TPSA) is 81.8 Å². The average molecular weight is 281 g/mol. The van der Waals surface area contributed by atoms with Gasteiger partial charge >= 0.3 is 0 Å². The van der Waals surface area contributed by atoms with Gasteiger partial charge < -0.3 is 20.3 Å². The molecule has 1 aromatic carbocycles. The van der Waals surface area contributed by atoms with E-state index >= 15 is 0 Å². The lowest BCUT2D eigenvalue weighted by Gasteiger charge is -2.21. The van der Waals surface area contributed by atoms with E-state index in [1.807, 2.05) is 13.8 Å². The first-order valence-electron chi connectivity index (χ1n) is 6.85. The van der Waals surface area contributed by atoms with Crippen LogP contribution < -0.4 is 15.2 Å². The van der Waals surface area contributed by atoms with Gasteiger partial charge in [-0.15, -0.1) is 0 Å². The van der Waals surface area contributed by atoms with Gasteiger partial charge in [0.1, 0.15) is 0 Å². The number of nitrogens with two attached hydrogens (primary N) is 1. The molecule has 0 saturated heterocycles. The van der Waals surface area contributed by atoms with Crippen LogP contribution in [-0.2, 0) is 10.4 Å². The summed E-state index contributed by atoms with van der Waals surface area (Å²) in [5.74, 6) is 0.310. The van der Waals surface area contributed by atoms with E-state index in [4.69, 9.17) is 15.2 Å². The summed E-state index contributed by atoms with van der Waals surface area (Å²) in [4.78, 5) is 11.3. The first kappa shape index (κ1) is 16.3. The Hall–Kier alpha value is -1.75. The molecule has 0 fully saturated rings. The molecular weight excluding hydrogens is 258 g/mol. The van der Waals surface area contributed by atoms with E-state index in [9.17, 15) is 9.90 Å². The van der Waals surface area contributed by atoms with E-state index in [2.05, 4.69) is 0 Å². The summed E-state index contributed by atoms with van der Waals surface area (Å²) >= 11 is 0. The molecule has 5 heteroatoms. The first-order valence-corrected chi connectivity index (χ1v) is 6.85. The smallest absolute Gasteiger partial charge is 0.253 e. The highest BCUT2D eigenvalue weighted by molar-refractivity contribution is 5.84. The van der Waals surface area contributed by atoms with Crippen molar-refractivity contribution in [3.8, 4) is 11.5 Å². The van der Waals surface area contributed by atoms with Crippen LogP contribution in [0.3, 0.4) is 0 Å². The van der Waals surface area contributed by atoms with Gasteiger partial charge in [-0.2, -0.15) is 0 Å². The molecule has 1 unspecified atom stereocenters. The summed E-state index contributed by atoms with van der Waals surface area (Å²) in [7, 11) is 0. The largest absolute Gasteiger partial charge is 0.490 e. The Labute approximate surface area is 119 Å². The molecule has 112 valence electrons. The van der Waals surface area contributed by atoms with E-state index < -0.39 is 11.5 Å². The number of rotatable bonds is 8. The Balaban J connectivity index is 3.09. The summed E-state index contributed by atoms with van der Waals surface area (Å²) in [6.07, 6.45) is 1.73. The van der Waals surface area contributed by atoms with Crippen molar-refractivity contribution in [3.05, 3.63) is 23.8 Å². The average Bonchev–Trinajstić information content (AvgIpc) is 2.42. The monoisotopic (exact) mass is 281 g/mol. The third-order valence-electron chi connectivity index (χ3n) is 2.91. The minimum Gasteiger partial charge on any atom is -0.490 e. The van der Waals surface area contributed by atoms with Gasteiger partial charge in [0.25, 0.3) is 5.91 Å². The zero-order chi connectivity index (χ0) is 15.2. The molecule has 1 rings (SSSR count). The van der Waals surface area contributed by atoms with Gasteiger partial charge in [0.05, 0.1) is 13.2 Å². The maximum Gasteiger partial charge on any atom is 0.253 e. The Morgan fingerprint density at radius 2 is 1.75 bits per heavy atom. The minimum absolute atomic E-state index is 0.389. The molecular formula is C15H23NO4. The molecule has 0 bridgehead atoms. The molecule has 3 N–H and O–H groups in total. The number of benzene rings is 1. The van der Waals surface area contributed by atoms with Crippen molar-refractivity contribution in [1.82, 2.24) is 0 Å². The van der Waals surface area contributed by atoms with Crippen LogP contribution in [-0.4, -0.2) is 24.2 Å². The molecule has 0 spiro atoms. The van der Waals surface area contributed by atoms with Crippen molar-refractivity contribution in [1.29, 1.82) is 0 Å². The summed E-state index contributed by atoms with van der Waals surface area (Å²) in [5.41, 5.74) is 3.87. The number of carbonyl (C=O) groups is 1. The molecule has 0 aliphatic heterocycles. The summed E-state index contributed by atoms with van der Waals surface area (Å²) in [6.45, 7) is 6.48. The van der Waals surface area contributed by atoms with Crippen LogP contribution in [0.4, 0.5) is 0 Å². The number of primary amides is 1. The molecule has 0 saturated carbocycles. The lowest BCUT2D eigenvalue weighted by Crippen LogP contribution is -2.38. The second kappa shape index (κ2) is 7.14. The Bertz CT molecular complexity index is 457. The first-order chi connectivity index (χ1) is 9.43. The molecule has 1 atom stereocenters. The Kier molecular flexibility index (Phi) is 5.82. The third-order valence-corrected chi connectivity index (χ3v) is 2.91. The number of amides is 1. The Morgan fingerprint density at radius 1 is 1.20 bits per heavy atom. The summed E-state index contributed by atoms with van der Waals surface area (Å²) in [6, 6.07) is 4.91. The van der Waals surface area contributed by atoms with Crippen LogP contribution in [0.5, 0.6) is 11.5 Å². The van der Waals surface area contributed by atoms with E-state index in [1.54, 1.807) is 18.2 Å². The van der Waals surface area contributed by atoms with E-state index in [1.165, 1.54) is 6.92 Å². The number of ether oxygens (including phenoxy) is 2. The molecule has 1 aromatic rings. The predicted molar refractivity (Wildman–Crippen MR) is 76.8 cm³/mol. The molecule has 5 nitrogen and oxygen atoms in total. The molecule has 0 heterocycles. The molecule has 1 amide bonds. The second-order valence-corrected chi connectivity index (χ2v) is 4.79. The van der Waals surface area contributed by atoms with Gasteiger partial charge in [-0.25, -0.2) is 0 Å². The van der Waals surface area contributed by atoms with Crippen LogP contribution in [0, 0.1) is 0 Å². The lowest BCUT2D eigenvalue weighted by atomic mass is 9.95. The molecule has 0 radical (unpaired) electrons. The highest BCUT2D eigenvalue weighted by Crippen LogP contribution is 2.32. The molecule has 0 aliphatic carbocycles. The molecule has 20 heavy (non-hydrogen) atoms. The van der Waals surface area contributed by atoms with E-state index in [0.717, 1.165) is 12.8 Å². The van der Waals surface area contributed by atoms with Crippen molar-refractivity contribution in [2.75, 3.05) is 13.2 Å². The minimum atomic E-state index is -1.73. The van der Waals surface area contributed by atoms with Crippen molar-refractivity contribution in [3.63, 3.8) is 0 Å². The fourth-order valence-electron chi connectivity index (χ4n) is 1.61. The zero-order valence-corrected chi connectivity index (χ0v) is 12.3. The van der Waals surface area contributed by atoms with E-state index in [-0.39, 0.29) is 0 Å². The number of hydrogen-bond acceptors (Lipinski definition) is 4. The Morgan fingerprint density at radius 3 is 2.25 bits per heavy atom. The molecule has 0 aliphatic rings. The van der Waals surface area contributed by atoms with Gasteiger partial charge in [-0.3, -0.25) is 4.79 Å². The normalized spacial score (nSPS) is 13.6. The SMILES string of the molecule is CCCOc1ccc(C(C)(O)C(N)=O)cc1OCCC. The van der Waals surface area contributed by atoms with Crippen LogP contribution in [0.15, 0.2) is 18.2 Å². The van der Waals surface area contributed by atoms with Gasteiger partial charge in [0.2, 0.25) is 0 Å². The fourth-order valence-corrected chi connectivity index (χ4v) is 1.61. The maximum atomic E-state index is 11.3. The van der Waals surface area contributed by atoms with Crippen molar-refractivity contribution in [2.45, 2.75) is 39.2 Å². The van der Waals surface area contributed by atoms with Crippen LogP contribution in [0.1, 0.15) is 39.2 Å². The van der Waals surface area contributed by atoms with Crippen molar-refractivity contribution < 1.29 is 19.4 Å². The zero-order valence-electron chi connectivity index (χ0n) is 12.3. The molecule has 0 aromatic heterocycles. The van der Waals surface area contributed by atoms with Crippen LogP contribution in [0.25, 0.3) is 0 Å². The second-order valence-electron chi connectivity index (χ2n) is 4.79. The highest BCUT2D eigenvalue weighted by atomic mass is 16.5. The standard InChI is InChI=1S/C15H23NO4/c1-4-8-19-12-7-6-11(15(3,18)14(16)17)10-13(12)20-9-5-2/h6-7,10,18H,4-5,8-9H2,1-3H3,(H2,16,17). The third kappa shape index (κ3) is 3.87. The number of carbonyl (C=O) groups excluding carboxylic acids is 1. The van der Waals surface area contributed by atoms with E-state index in [0.29, 0.717) is 30.3 Å². The maximum absolute atomic E-state index is 11.3. The highest BCUT2D eigenvalue weighted by Gasteiger charge is 2.31. The number of aliphatic hydroxyl groups is 1. The van der Waals surface area contributed by atoms with Crippen LogP contribution in [0.2, 0.25) is 0 Å². The summed E-state index contributed by atoms with van der Waals surface area (Å²) < 4.78 is 11.2. The van der Waals surface area contributed by atoms with Crippen molar-refractivity contribution >= 4 is 5.91 Å². The van der Waals surface area contributed by atoms with Crippen LogP contribution >= 0.6 is 0 Å². The van der Waals surface area contributed by atoms with Gasteiger partial charge in [-0.1, -0.05) is 19.9 Å². The van der Waals surface area contributed by atoms with Gasteiger partial charge in [0.15, 0.2) is 17.1 Å².